The number of fused-ring (bicyclic) bond motifs is 1. The number of ether oxygens (including phenoxy) is 1. The summed E-state index contributed by atoms with van der Waals surface area (Å²) in [5.74, 6) is 0.666. The zero-order valence-corrected chi connectivity index (χ0v) is 15.7. The van der Waals surface area contributed by atoms with Crippen LogP contribution in [-0.4, -0.2) is 31.8 Å². The normalized spacial score (nSPS) is 18.9. The number of carbonyl (C=O) groups excluding carboxylic acids is 1. The zero-order chi connectivity index (χ0) is 19.0. The molecule has 0 aliphatic carbocycles. The predicted molar refractivity (Wildman–Crippen MR) is 101 cm³/mol. The van der Waals surface area contributed by atoms with Crippen molar-refractivity contribution in [1.29, 1.82) is 0 Å². The molecule has 27 heavy (non-hydrogen) atoms. The van der Waals surface area contributed by atoms with E-state index in [1.165, 1.54) is 0 Å². The van der Waals surface area contributed by atoms with Crippen molar-refractivity contribution in [2.24, 2.45) is 7.05 Å². The van der Waals surface area contributed by atoms with Crippen molar-refractivity contribution in [3.05, 3.63) is 59.2 Å². The molecule has 0 bridgehead atoms. The van der Waals surface area contributed by atoms with E-state index in [1.807, 2.05) is 38.1 Å². The molecule has 0 spiro atoms. The molecular formula is C20H23N5O2. The van der Waals surface area contributed by atoms with Gasteiger partial charge in [-0.3, -0.25) is 9.48 Å². The first-order valence-corrected chi connectivity index (χ1v) is 9.11. The van der Waals surface area contributed by atoms with Crippen molar-refractivity contribution in [3.63, 3.8) is 0 Å². The SMILES string of the molecule is C[C@@H]1Cc2c(nn(C)c2C(=O)NCc2ccccc2-c2ncc[nH]2)[C@H](C)O1. The van der Waals surface area contributed by atoms with Crippen LogP contribution in [0.4, 0.5) is 0 Å². The molecule has 0 saturated heterocycles. The lowest BCUT2D eigenvalue weighted by Gasteiger charge is -2.24. The van der Waals surface area contributed by atoms with E-state index >= 15 is 0 Å². The van der Waals surface area contributed by atoms with E-state index in [2.05, 4.69) is 20.4 Å². The van der Waals surface area contributed by atoms with Crippen LogP contribution in [0.15, 0.2) is 36.7 Å². The maximum absolute atomic E-state index is 12.9. The van der Waals surface area contributed by atoms with Crippen LogP contribution in [0.1, 0.15) is 47.3 Å². The molecule has 7 heteroatoms. The average molecular weight is 365 g/mol. The van der Waals surface area contributed by atoms with Crippen molar-refractivity contribution in [2.45, 2.75) is 39.0 Å². The molecule has 1 amide bonds. The summed E-state index contributed by atoms with van der Waals surface area (Å²) < 4.78 is 7.49. The van der Waals surface area contributed by atoms with Gasteiger partial charge in [-0.1, -0.05) is 24.3 Å². The summed E-state index contributed by atoms with van der Waals surface area (Å²) in [5.41, 5.74) is 4.44. The molecule has 4 rings (SSSR count). The summed E-state index contributed by atoms with van der Waals surface area (Å²) in [6.45, 7) is 4.41. The van der Waals surface area contributed by atoms with Gasteiger partial charge in [-0.05, 0) is 19.4 Å². The first-order valence-electron chi connectivity index (χ1n) is 9.11. The van der Waals surface area contributed by atoms with Gasteiger partial charge >= 0.3 is 0 Å². The van der Waals surface area contributed by atoms with Gasteiger partial charge in [0.15, 0.2) is 0 Å². The molecule has 2 N–H and O–H groups in total. The Morgan fingerprint density at radius 3 is 2.96 bits per heavy atom. The second-order valence-corrected chi connectivity index (χ2v) is 6.91. The first-order chi connectivity index (χ1) is 13.0. The number of nitrogens with zero attached hydrogens (tertiary/aromatic N) is 3. The molecule has 7 nitrogen and oxygen atoms in total. The van der Waals surface area contributed by atoms with Gasteiger partial charge in [0.25, 0.3) is 5.91 Å². The summed E-state index contributed by atoms with van der Waals surface area (Å²) in [6, 6.07) is 7.91. The summed E-state index contributed by atoms with van der Waals surface area (Å²) in [4.78, 5) is 20.4. The second kappa shape index (κ2) is 7.00. The lowest BCUT2D eigenvalue weighted by atomic mass is 9.99. The number of amides is 1. The first kappa shape index (κ1) is 17.5. The molecule has 2 aromatic heterocycles. The van der Waals surface area contributed by atoms with Crippen LogP contribution in [0.2, 0.25) is 0 Å². The lowest BCUT2D eigenvalue weighted by molar-refractivity contribution is -0.00710. The number of imidazole rings is 1. The van der Waals surface area contributed by atoms with E-state index in [0.29, 0.717) is 18.7 Å². The quantitative estimate of drug-likeness (QED) is 0.744. The minimum Gasteiger partial charge on any atom is -0.369 e. The number of rotatable bonds is 4. The third-order valence-electron chi connectivity index (χ3n) is 4.91. The standard InChI is InChI=1S/C20H23N5O2/c1-12-10-16-17(13(2)27-12)24-25(3)18(16)20(26)23-11-14-6-4-5-7-15(14)19-21-8-9-22-19/h4-9,12-13H,10-11H2,1-3H3,(H,21,22)(H,23,26)/t12-,13+/m1/s1. The van der Waals surface area contributed by atoms with Crippen LogP contribution < -0.4 is 5.32 Å². The monoisotopic (exact) mass is 365 g/mol. The highest BCUT2D eigenvalue weighted by Gasteiger charge is 2.31. The molecule has 1 aromatic carbocycles. The highest BCUT2D eigenvalue weighted by atomic mass is 16.5. The number of benzene rings is 1. The summed E-state index contributed by atoms with van der Waals surface area (Å²) >= 11 is 0. The number of H-pyrrole nitrogens is 1. The van der Waals surface area contributed by atoms with E-state index in [1.54, 1.807) is 24.1 Å². The van der Waals surface area contributed by atoms with Crippen LogP contribution in [0.3, 0.4) is 0 Å². The Bertz CT molecular complexity index is 961. The van der Waals surface area contributed by atoms with E-state index in [4.69, 9.17) is 4.74 Å². The number of hydrogen-bond acceptors (Lipinski definition) is 4. The fraction of sp³-hybridized carbons (Fsp3) is 0.350. The third kappa shape index (κ3) is 3.26. The summed E-state index contributed by atoms with van der Waals surface area (Å²) in [5, 5.41) is 7.56. The molecule has 3 aromatic rings. The second-order valence-electron chi connectivity index (χ2n) is 6.91. The summed E-state index contributed by atoms with van der Waals surface area (Å²) in [6.07, 6.45) is 4.17. The Morgan fingerprint density at radius 2 is 2.19 bits per heavy atom. The minimum absolute atomic E-state index is 0.0722. The van der Waals surface area contributed by atoms with Crippen molar-refractivity contribution < 1.29 is 9.53 Å². The topological polar surface area (TPSA) is 84.8 Å². The fourth-order valence-corrected chi connectivity index (χ4v) is 3.73. The highest BCUT2D eigenvalue weighted by Crippen LogP contribution is 2.31. The number of aromatic amines is 1. The van der Waals surface area contributed by atoms with E-state index in [0.717, 1.165) is 28.2 Å². The third-order valence-corrected chi connectivity index (χ3v) is 4.91. The Hall–Kier alpha value is -2.93. The molecule has 3 heterocycles. The van der Waals surface area contributed by atoms with Gasteiger partial charge in [-0.15, -0.1) is 0 Å². The van der Waals surface area contributed by atoms with Gasteiger partial charge in [0.1, 0.15) is 11.5 Å². The van der Waals surface area contributed by atoms with Gasteiger partial charge in [-0.2, -0.15) is 5.10 Å². The summed E-state index contributed by atoms with van der Waals surface area (Å²) in [7, 11) is 1.81. The van der Waals surface area contributed by atoms with Gasteiger partial charge in [0.2, 0.25) is 0 Å². The molecule has 0 saturated carbocycles. The molecular weight excluding hydrogens is 342 g/mol. The van der Waals surface area contributed by atoms with Gasteiger partial charge in [0.05, 0.1) is 17.9 Å². The van der Waals surface area contributed by atoms with Crippen LogP contribution in [0.25, 0.3) is 11.4 Å². The largest absolute Gasteiger partial charge is 0.369 e. The minimum atomic E-state index is -0.123. The molecule has 0 radical (unpaired) electrons. The molecule has 0 fully saturated rings. The Labute approximate surface area is 157 Å². The Morgan fingerprint density at radius 1 is 1.37 bits per heavy atom. The van der Waals surface area contributed by atoms with Crippen molar-refractivity contribution >= 4 is 5.91 Å². The molecule has 140 valence electrons. The maximum Gasteiger partial charge on any atom is 0.270 e. The van der Waals surface area contributed by atoms with Gasteiger partial charge in [0, 0.05) is 43.5 Å². The molecule has 1 aliphatic rings. The van der Waals surface area contributed by atoms with E-state index in [9.17, 15) is 4.79 Å². The predicted octanol–water partition coefficient (Wildman–Crippen LogP) is 2.76. The van der Waals surface area contributed by atoms with Crippen LogP contribution in [0, 0.1) is 0 Å². The van der Waals surface area contributed by atoms with E-state index < -0.39 is 0 Å². The lowest BCUT2D eigenvalue weighted by Crippen LogP contribution is -2.28. The smallest absolute Gasteiger partial charge is 0.270 e. The number of carbonyl (C=O) groups is 1. The van der Waals surface area contributed by atoms with Crippen molar-refractivity contribution in [3.8, 4) is 11.4 Å². The van der Waals surface area contributed by atoms with Crippen LogP contribution in [0.5, 0.6) is 0 Å². The van der Waals surface area contributed by atoms with Gasteiger partial charge < -0.3 is 15.0 Å². The maximum atomic E-state index is 12.9. The fourth-order valence-electron chi connectivity index (χ4n) is 3.73. The van der Waals surface area contributed by atoms with Crippen LogP contribution >= 0.6 is 0 Å². The Kier molecular flexibility index (Phi) is 4.53. The number of nitrogens with one attached hydrogen (secondary N) is 2. The average Bonchev–Trinajstić information content (AvgIpc) is 3.28. The van der Waals surface area contributed by atoms with E-state index in [-0.39, 0.29) is 18.1 Å². The highest BCUT2D eigenvalue weighted by molar-refractivity contribution is 5.94. The molecule has 2 atom stereocenters. The Balaban J connectivity index is 1.57. The molecule has 1 aliphatic heterocycles. The number of aromatic nitrogens is 4. The van der Waals surface area contributed by atoms with Crippen LogP contribution in [-0.2, 0) is 24.8 Å². The zero-order valence-electron chi connectivity index (χ0n) is 15.7. The van der Waals surface area contributed by atoms with Gasteiger partial charge in [-0.25, -0.2) is 4.98 Å². The molecule has 0 unspecified atom stereocenters. The van der Waals surface area contributed by atoms with Crippen molar-refractivity contribution in [1.82, 2.24) is 25.1 Å². The van der Waals surface area contributed by atoms with Crippen molar-refractivity contribution in [2.75, 3.05) is 0 Å². The number of hydrogen-bond donors (Lipinski definition) is 2. The number of aryl methyl sites for hydroxylation is 1.